The summed E-state index contributed by atoms with van der Waals surface area (Å²) in [6.07, 6.45) is -11.4. The minimum absolute atomic E-state index is 0.00987. The smallest absolute Gasteiger partial charge is 0.412 e. The van der Waals surface area contributed by atoms with Crippen LogP contribution in [0.2, 0.25) is 0 Å². The number of halogens is 2. The summed E-state index contributed by atoms with van der Waals surface area (Å²) in [5, 5.41) is 13.8. The van der Waals surface area contributed by atoms with Gasteiger partial charge in [0.1, 0.15) is 37.0 Å². The van der Waals surface area contributed by atoms with Crippen LogP contribution in [0.1, 0.15) is 32.2 Å². The third-order valence-electron chi connectivity index (χ3n) is 11.2. The highest BCUT2D eigenvalue weighted by atomic mass is 32.5. The Hall–Kier alpha value is -4.78. The molecule has 0 bridgehead atoms. The summed E-state index contributed by atoms with van der Waals surface area (Å²) < 4.78 is 95.1. The highest BCUT2D eigenvalue weighted by Crippen LogP contribution is 2.55. The number of aliphatic carboxylic acids is 1. The van der Waals surface area contributed by atoms with Crippen LogP contribution in [-0.4, -0.2) is 206 Å². The van der Waals surface area contributed by atoms with E-state index in [0.29, 0.717) is 26.4 Å². The number of carbonyl (C=O) groups excluding carboxylic acids is 3. The van der Waals surface area contributed by atoms with Crippen molar-refractivity contribution in [3.63, 3.8) is 0 Å². The summed E-state index contributed by atoms with van der Waals surface area (Å²) in [7, 11) is 1.52. The fourth-order valence-electron chi connectivity index (χ4n) is 7.41. The van der Waals surface area contributed by atoms with Gasteiger partial charge in [0.25, 0.3) is 0 Å². The van der Waals surface area contributed by atoms with Crippen molar-refractivity contribution in [3.05, 3.63) is 25.3 Å². The van der Waals surface area contributed by atoms with Crippen molar-refractivity contribution in [2.24, 2.45) is 5.92 Å². The first-order valence-electron chi connectivity index (χ1n) is 23.0. The Morgan fingerprint density at radius 3 is 2.11 bits per heavy atom. The van der Waals surface area contributed by atoms with Crippen molar-refractivity contribution < 1.29 is 99.1 Å². The van der Waals surface area contributed by atoms with Gasteiger partial charge in [0.05, 0.1) is 91.5 Å². The zero-order valence-electron chi connectivity index (χ0n) is 40.3. The van der Waals surface area contributed by atoms with Gasteiger partial charge in [-0.05, 0) is 23.6 Å². The predicted octanol–water partition coefficient (Wildman–Crippen LogP) is 0.550. The Balaban J connectivity index is 0.811. The normalized spacial score (nSPS) is 27.2. The first-order valence-corrected chi connectivity index (χ1v) is 28.2. The zero-order chi connectivity index (χ0) is 54.6. The number of aromatic nitrogens is 8. The number of rotatable bonds is 24. The second-order valence-corrected chi connectivity index (χ2v) is 22.1. The fourth-order valence-corrected chi connectivity index (χ4v) is 10.0. The highest BCUT2D eigenvalue weighted by Gasteiger charge is 2.55. The molecule has 0 saturated carbocycles. The molecule has 0 aliphatic carbocycles. The van der Waals surface area contributed by atoms with Crippen LogP contribution in [0.5, 0.6) is 0 Å². The number of carbonyl (C=O) groups is 4. The fraction of sp³-hybridized carbons (Fsp3) is 0.641. The largest absolute Gasteiger partial charge is 0.481 e. The van der Waals surface area contributed by atoms with Gasteiger partial charge in [0.2, 0.25) is 18.1 Å². The third kappa shape index (κ3) is 15.7. The maximum absolute atomic E-state index is 16.5. The van der Waals surface area contributed by atoms with Crippen molar-refractivity contribution in [3.8, 4) is 0 Å². The standard InChI is InChI=1S/C39H54F2N12O19P2S2/c1-21(15-24(55)56)35(57)43-4-7-62-10-12-64-14-13-63-11-9-61-6-3-23(54)51(2)5-8-65-39(58)50-32-28-34(47-18-45-32)53(20-49-28)37-26(41)30-38(68-37)69-72-74(60,76)70-29-22(16-66-73(59,75)71-30)67-36(25(29)40)52-19-48-27-31(42)44-17-46-33(27)52/h17-22,25-26,29-30,36-38H,3-16H2,1-2H3,(H,43,57)(H,55,56)(H,59,75)(H,60,76)(H2,42,44,46)(H,45,47,50,58)/t21?,22-,25-,26-,29-,30+,36-,37-,38-,73?,74?/m1/s1. The number of nitrogens with one attached hydrogen (secondary N) is 2. The van der Waals surface area contributed by atoms with E-state index in [1.807, 2.05) is 0 Å². The van der Waals surface area contributed by atoms with Crippen LogP contribution in [0.3, 0.4) is 0 Å². The van der Waals surface area contributed by atoms with Gasteiger partial charge in [0, 0.05) is 19.5 Å². The number of hydrogen-bond donors (Lipinski definition) is 6. The highest BCUT2D eigenvalue weighted by molar-refractivity contribution is 8.07. The Bertz CT molecular complexity index is 2740. The molecule has 7 N–H and O–H groups in total. The van der Waals surface area contributed by atoms with Crippen LogP contribution in [0.25, 0.3) is 22.3 Å². The van der Waals surface area contributed by atoms with E-state index in [4.69, 9.17) is 90.7 Å². The second kappa shape index (κ2) is 27.2. The van der Waals surface area contributed by atoms with Crippen molar-refractivity contribution in [1.82, 2.24) is 49.3 Å². The molecule has 7 heterocycles. The van der Waals surface area contributed by atoms with Crippen molar-refractivity contribution in [2.45, 2.75) is 69.2 Å². The van der Waals surface area contributed by atoms with E-state index in [1.54, 1.807) is 0 Å². The second-order valence-electron chi connectivity index (χ2n) is 16.6. The number of nitrogen functional groups attached to an aromatic ring is 1. The molecule has 3 amide bonds. The van der Waals surface area contributed by atoms with Crippen LogP contribution in [0.15, 0.2) is 25.3 Å². The van der Waals surface area contributed by atoms with Crippen molar-refractivity contribution >= 4 is 94.9 Å². The van der Waals surface area contributed by atoms with Gasteiger partial charge in [-0.15, -0.1) is 4.67 Å². The van der Waals surface area contributed by atoms with Crippen molar-refractivity contribution in [1.29, 1.82) is 0 Å². The molecular formula is C39H54F2N12O19P2S2. The van der Waals surface area contributed by atoms with Gasteiger partial charge in [-0.3, -0.25) is 37.9 Å². The maximum Gasteiger partial charge on any atom is 0.412 e. The molecule has 3 saturated heterocycles. The third-order valence-corrected chi connectivity index (χ3v) is 14.0. The number of alkyl halides is 2. The lowest BCUT2D eigenvalue weighted by molar-refractivity contribution is -0.336. The number of fused-ring (bicyclic) bond motifs is 4. The van der Waals surface area contributed by atoms with E-state index < -0.39 is 87.4 Å². The van der Waals surface area contributed by atoms with E-state index >= 15 is 8.78 Å². The minimum atomic E-state index is -4.59. The maximum atomic E-state index is 16.5. The zero-order valence-corrected chi connectivity index (χ0v) is 43.8. The number of imidazole rings is 2. The molecule has 4 aromatic rings. The monoisotopic (exact) mass is 1160 g/mol. The van der Waals surface area contributed by atoms with Crippen LogP contribution >= 0.6 is 13.4 Å². The SMILES string of the molecule is CC(CC(=O)O)C(=O)NCCOCCOCCOCCOCCC(=O)N(C)CCOC(=O)Nc1ncnc2c1ncn2[C@@H]1O[C@@H]2OOP(O)(=S)O[C@H]3[C@@H](F)[C@H](n4cnc5c(N)ncnc54)O[C@@H]3COP(O)(=S)O[C@H]2[C@H]1F. The number of nitrogens with zero attached hydrogens (tertiary/aromatic N) is 9. The molecule has 11 atom stereocenters. The van der Waals surface area contributed by atoms with Crippen LogP contribution < -0.4 is 16.4 Å². The first-order chi connectivity index (χ1) is 36.3. The van der Waals surface area contributed by atoms with Gasteiger partial charge < -0.3 is 68.5 Å². The molecule has 420 valence electrons. The number of carboxylic acids is 1. The average Bonchev–Trinajstić information content (AvgIpc) is 4.17. The summed E-state index contributed by atoms with van der Waals surface area (Å²) in [6, 6.07) is 0. The average molecular weight is 1160 g/mol. The molecular weight excluding hydrogens is 1100 g/mol. The number of hydrogen-bond acceptors (Lipinski definition) is 25. The molecule has 3 aliphatic rings. The predicted molar refractivity (Wildman–Crippen MR) is 258 cm³/mol. The van der Waals surface area contributed by atoms with Crippen LogP contribution in [0.4, 0.5) is 25.2 Å². The van der Waals surface area contributed by atoms with E-state index in [-0.39, 0.29) is 105 Å². The van der Waals surface area contributed by atoms with Gasteiger partial charge in [-0.2, -0.15) is 4.89 Å². The topological polar surface area (TPSA) is 380 Å². The molecule has 0 radical (unpaired) electrons. The Labute approximate surface area is 439 Å². The summed E-state index contributed by atoms with van der Waals surface area (Å²) in [6.45, 7) is -6.12. The Morgan fingerprint density at radius 2 is 1.42 bits per heavy atom. The summed E-state index contributed by atoms with van der Waals surface area (Å²) in [5.41, 5.74) is 5.97. The lowest BCUT2D eigenvalue weighted by Crippen LogP contribution is -2.36. The molecule has 4 aromatic heterocycles. The van der Waals surface area contributed by atoms with E-state index in [0.717, 1.165) is 23.5 Å². The quantitative estimate of drug-likeness (QED) is 0.0317. The van der Waals surface area contributed by atoms with Gasteiger partial charge in [-0.25, -0.2) is 43.5 Å². The Kier molecular flexibility index (Phi) is 21.1. The number of nitrogens with two attached hydrogens (primary N) is 1. The number of anilines is 2. The Morgan fingerprint density at radius 1 is 0.829 bits per heavy atom. The molecule has 3 unspecified atom stereocenters. The van der Waals surface area contributed by atoms with Crippen LogP contribution in [0, 0.1) is 5.92 Å². The molecule has 3 fully saturated rings. The molecule has 3 aliphatic heterocycles. The van der Waals surface area contributed by atoms with E-state index in [9.17, 15) is 29.0 Å². The lowest BCUT2D eigenvalue weighted by Gasteiger charge is -2.29. The molecule has 37 heteroatoms. The number of carboxylic acid groups (broad SMARTS) is 1. The number of likely N-dealkylation sites (N-methyl/N-ethyl adjacent to an activating group) is 1. The number of ether oxygens (including phenoxy) is 7. The van der Waals surface area contributed by atoms with Gasteiger partial charge in [0.15, 0.2) is 59.3 Å². The van der Waals surface area contributed by atoms with Crippen molar-refractivity contribution in [2.75, 3.05) is 97.3 Å². The molecule has 7 rings (SSSR count). The molecule has 76 heavy (non-hydrogen) atoms. The lowest BCUT2D eigenvalue weighted by atomic mass is 10.1. The number of amides is 3. The molecule has 0 spiro atoms. The molecule has 0 aromatic carbocycles. The van der Waals surface area contributed by atoms with Gasteiger partial charge >= 0.3 is 25.5 Å². The minimum Gasteiger partial charge on any atom is -0.481 e. The van der Waals surface area contributed by atoms with E-state index in [1.165, 1.54) is 29.8 Å². The summed E-state index contributed by atoms with van der Waals surface area (Å²) >= 11 is 10.3. The van der Waals surface area contributed by atoms with Gasteiger partial charge in [-0.1, -0.05) is 6.92 Å². The summed E-state index contributed by atoms with van der Waals surface area (Å²) in [5.74, 6) is -2.46. The molecule has 31 nitrogen and oxygen atoms in total. The summed E-state index contributed by atoms with van der Waals surface area (Å²) in [4.78, 5) is 101. The first kappa shape index (κ1) is 58.9. The van der Waals surface area contributed by atoms with E-state index in [2.05, 4.69) is 40.5 Å². The van der Waals surface area contributed by atoms with Crippen LogP contribution in [-0.2, 0) is 94.3 Å².